The van der Waals surface area contributed by atoms with Crippen LogP contribution < -0.4 is 4.90 Å². The van der Waals surface area contributed by atoms with Crippen LogP contribution in [-0.4, -0.2) is 47.4 Å². The zero-order valence-corrected chi connectivity index (χ0v) is 15.1. The SMILES string of the molecule is O=C1CN(C2CCN(Cc3ccccc3F)CC2)C(=O)N1c1ccccc1. The highest BCUT2D eigenvalue weighted by molar-refractivity contribution is 6.19. The van der Waals surface area contributed by atoms with E-state index in [2.05, 4.69) is 4.90 Å². The monoisotopic (exact) mass is 367 g/mol. The molecule has 3 amide bonds. The Morgan fingerprint density at radius 1 is 0.926 bits per heavy atom. The number of nitrogens with zero attached hydrogens (tertiary/aromatic N) is 3. The first kappa shape index (κ1) is 17.7. The molecule has 6 heteroatoms. The number of piperidine rings is 1. The van der Waals surface area contributed by atoms with Gasteiger partial charge in [-0.25, -0.2) is 14.1 Å². The Bertz CT molecular complexity index is 834. The highest BCUT2D eigenvalue weighted by Gasteiger charge is 2.41. The van der Waals surface area contributed by atoms with Gasteiger partial charge < -0.3 is 4.90 Å². The largest absolute Gasteiger partial charge is 0.332 e. The average molecular weight is 367 g/mol. The quantitative estimate of drug-likeness (QED) is 0.779. The highest BCUT2D eigenvalue weighted by atomic mass is 19.1. The predicted molar refractivity (Wildman–Crippen MR) is 101 cm³/mol. The molecule has 2 aromatic carbocycles. The molecule has 27 heavy (non-hydrogen) atoms. The molecule has 2 aliphatic heterocycles. The maximum absolute atomic E-state index is 13.8. The molecule has 5 nitrogen and oxygen atoms in total. The van der Waals surface area contributed by atoms with Crippen LogP contribution in [0, 0.1) is 5.82 Å². The summed E-state index contributed by atoms with van der Waals surface area (Å²) in [5.74, 6) is -0.363. The van der Waals surface area contributed by atoms with Crippen molar-refractivity contribution in [3.63, 3.8) is 0 Å². The molecule has 0 bridgehead atoms. The first-order valence-corrected chi connectivity index (χ1v) is 9.28. The van der Waals surface area contributed by atoms with Crippen LogP contribution in [0.25, 0.3) is 0 Å². The third-order valence-corrected chi connectivity index (χ3v) is 5.36. The summed E-state index contributed by atoms with van der Waals surface area (Å²) in [6.07, 6.45) is 1.58. The fourth-order valence-corrected chi connectivity index (χ4v) is 3.89. The van der Waals surface area contributed by atoms with E-state index in [1.165, 1.54) is 11.0 Å². The topological polar surface area (TPSA) is 43.9 Å². The number of hydrogen-bond donors (Lipinski definition) is 0. The van der Waals surface area contributed by atoms with Crippen molar-refractivity contribution in [2.45, 2.75) is 25.4 Å². The van der Waals surface area contributed by atoms with Gasteiger partial charge >= 0.3 is 6.03 Å². The number of carbonyl (C=O) groups excluding carboxylic acids is 2. The van der Waals surface area contributed by atoms with Gasteiger partial charge in [0, 0.05) is 31.2 Å². The van der Waals surface area contributed by atoms with Crippen molar-refractivity contribution >= 4 is 17.6 Å². The van der Waals surface area contributed by atoms with Gasteiger partial charge in [-0.05, 0) is 31.0 Å². The van der Waals surface area contributed by atoms with Crippen LogP contribution in [0.2, 0.25) is 0 Å². The minimum Gasteiger partial charge on any atom is -0.312 e. The summed E-state index contributed by atoms with van der Waals surface area (Å²) in [6.45, 7) is 2.26. The van der Waals surface area contributed by atoms with Gasteiger partial charge in [0.15, 0.2) is 0 Å². The number of likely N-dealkylation sites (tertiary alicyclic amines) is 1. The van der Waals surface area contributed by atoms with Crippen molar-refractivity contribution in [3.8, 4) is 0 Å². The molecule has 0 spiro atoms. The average Bonchev–Trinajstić information content (AvgIpc) is 2.99. The van der Waals surface area contributed by atoms with Crippen molar-refractivity contribution in [2.75, 3.05) is 24.5 Å². The van der Waals surface area contributed by atoms with Crippen molar-refractivity contribution in [2.24, 2.45) is 0 Å². The Balaban J connectivity index is 1.38. The molecule has 2 aromatic rings. The molecule has 0 aromatic heterocycles. The van der Waals surface area contributed by atoms with Crippen LogP contribution in [0.3, 0.4) is 0 Å². The number of anilines is 1. The summed E-state index contributed by atoms with van der Waals surface area (Å²) < 4.78 is 13.8. The van der Waals surface area contributed by atoms with E-state index in [1.807, 2.05) is 30.3 Å². The zero-order chi connectivity index (χ0) is 18.8. The molecule has 0 N–H and O–H groups in total. The predicted octanol–water partition coefficient (Wildman–Crippen LogP) is 3.26. The molecule has 2 heterocycles. The van der Waals surface area contributed by atoms with Crippen LogP contribution in [-0.2, 0) is 11.3 Å². The van der Waals surface area contributed by atoms with Crippen LogP contribution in [0.4, 0.5) is 14.9 Å². The molecule has 0 saturated carbocycles. The molecular weight excluding hydrogens is 345 g/mol. The Morgan fingerprint density at radius 3 is 2.30 bits per heavy atom. The number of urea groups is 1. The van der Waals surface area contributed by atoms with Gasteiger partial charge in [0.05, 0.1) is 5.69 Å². The Kier molecular flexibility index (Phi) is 4.90. The lowest BCUT2D eigenvalue weighted by Gasteiger charge is -2.36. The molecule has 0 aliphatic carbocycles. The van der Waals surface area contributed by atoms with Crippen LogP contribution >= 0.6 is 0 Å². The highest BCUT2D eigenvalue weighted by Crippen LogP contribution is 2.26. The van der Waals surface area contributed by atoms with Gasteiger partial charge in [0.1, 0.15) is 12.4 Å². The first-order chi connectivity index (χ1) is 13.1. The molecule has 2 aliphatic rings. The summed E-state index contributed by atoms with van der Waals surface area (Å²) in [5, 5.41) is 0. The number of imide groups is 1. The Morgan fingerprint density at radius 2 is 1.59 bits per heavy atom. The van der Waals surface area contributed by atoms with Crippen molar-refractivity contribution in [1.82, 2.24) is 9.80 Å². The second-order valence-corrected chi connectivity index (χ2v) is 7.07. The number of halogens is 1. The van der Waals surface area contributed by atoms with E-state index in [0.29, 0.717) is 17.8 Å². The van der Waals surface area contributed by atoms with Crippen molar-refractivity contribution in [3.05, 3.63) is 66.0 Å². The molecular formula is C21H22FN3O2. The van der Waals surface area contributed by atoms with Gasteiger partial charge in [-0.1, -0.05) is 36.4 Å². The van der Waals surface area contributed by atoms with Crippen molar-refractivity contribution in [1.29, 1.82) is 0 Å². The molecule has 0 atom stereocenters. The van der Waals surface area contributed by atoms with E-state index in [0.717, 1.165) is 25.9 Å². The number of carbonyl (C=O) groups is 2. The van der Waals surface area contributed by atoms with Gasteiger partial charge in [-0.15, -0.1) is 0 Å². The van der Waals surface area contributed by atoms with Gasteiger partial charge in [-0.3, -0.25) is 9.69 Å². The fourth-order valence-electron chi connectivity index (χ4n) is 3.89. The van der Waals surface area contributed by atoms with Crippen LogP contribution in [0.1, 0.15) is 18.4 Å². The summed E-state index contributed by atoms with van der Waals surface area (Å²) in [5.41, 5.74) is 1.31. The maximum atomic E-state index is 13.8. The summed E-state index contributed by atoms with van der Waals surface area (Å²) in [6, 6.07) is 15.7. The van der Waals surface area contributed by atoms with E-state index < -0.39 is 0 Å². The summed E-state index contributed by atoms with van der Waals surface area (Å²) in [7, 11) is 0. The minimum atomic E-state index is -0.237. The maximum Gasteiger partial charge on any atom is 0.332 e. The smallest absolute Gasteiger partial charge is 0.312 e. The second kappa shape index (κ2) is 7.48. The zero-order valence-electron chi connectivity index (χ0n) is 15.1. The lowest BCUT2D eigenvalue weighted by Crippen LogP contribution is -2.46. The normalized spacial score (nSPS) is 19.1. The first-order valence-electron chi connectivity index (χ1n) is 9.28. The minimum absolute atomic E-state index is 0.0482. The molecule has 0 unspecified atom stereocenters. The van der Waals surface area contributed by atoms with Crippen molar-refractivity contribution < 1.29 is 14.0 Å². The van der Waals surface area contributed by atoms with E-state index in [4.69, 9.17) is 0 Å². The molecule has 140 valence electrons. The van der Waals surface area contributed by atoms with E-state index in [9.17, 15) is 14.0 Å². The van der Waals surface area contributed by atoms with E-state index >= 15 is 0 Å². The Hall–Kier alpha value is -2.73. The number of amides is 3. The van der Waals surface area contributed by atoms with Gasteiger partial charge in [0.25, 0.3) is 5.91 Å². The van der Waals surface area contributed by atoms with Gasteiger partial charge in [0.2, 0.25) is 0 Å². The van der Waals surface area contributed by atoms with Crippen LogP contribution in [0.5, 0.6) is 0 Å². The third kappa shape index (κ3) is 3.57. The van der Waals surface area contributed by atoms with E-state index in [-0.39, 0.29) is 30.3 Å². The lowest BCUT2D eigenvalue weighted by molar-refractivity contribution is -0.116. The number of benzene rings is 2. The van der Waals surface area contributed by atoms with Gasteiger partial charge in [-0.2, -0.15) is 0 Å². The molecule has 4 rings (SSSR count). The second-order valence-electron chi connectivity index (χ2n) is 7.07. The standard InChI is InChI=1S/C21H22FN3O2/c22-19-9-5-4-6-16(19)14-23-12-10-17(11-13-23)24-15-20(26)25(21(24)27)18-7-2-1-3-8-18/h1-9,17H,10-15H2. The summed E-state index contributed by atoms with van der Waals surface area (Å²) >= 11 is 0. The molecule has 0 radical (unpaired) electrons. The van der Waals surface area contributed by atoms with Crippen LogP contribution in [0.15, 0.2) is 54.6 Å². The number of para-hydroxylation sites is 1. The number of hydrogen-bond acceptors (Lipinski definition) is 3. The van der Waals surface area contributed by atoms with E-state index in [1.54, 1.807) is 23.1 Å². The fraction of sp³-hybridized carbons (Fsp3) is 0.333. The Labute approximate surface area is 158 Å². The third-order valence-electron chi connectivity index (χ3n) is 5.36. The molecule has 2 fully saturated rings. The summed E-state index contributed by atoms with van der Waals surface area (Å²) in [4.78, 5) is 30.4. The number of rotatable bonds is 4. The molecule has 2 saturated heterocycles. The lowest BCUT2D eigenvalue weighted by atomic mass is 10.0.